The molecule has 1 aromatic heterocycles. The Hall–Kier alpha value is -2.25. The number of carbonyl (C=O) groups is 1. The van der Waals surface area contributed by atoms with Crippen molar-refractivity contribution in [3.05, 3.63) is 41.7 Å². The smallest absolute Gasteiger partial charge is 0.271 e. The average Bonchev–Trinajstić information content (AvgIpc) is 3.21. The second-order valence-corrected chi connectivity index (χ2v) is 6.83. The standard InChI is InChI=1S/C21H30N4O3.ClH/c1-3-27-19-8-7-16(14-20(19)28-4-2)9-12-23-21(26)18-10-13-25(24-18)17-6-5-11-22-15-17;/h7-8,10,13-14,17,22H,3-6,9,11-12,15H2,1-2H3,(H,23,26);1H. The van der Waals surface area contributed by atoms with Crippen LogP contribution in [0.25, 0.3) is 0 Å². The van der Waals surface area contributed by atoms with Gasteiger partial charge >= 0.3 is 0 Å². The van der Waals surface area contributed by atoms with Gasteiger partial charge in [-0.3, -0.25) is 9.48 Å². The fraction of sp³-hybridized carbons (Fsp3) is 0.524. The maximum Gasteiger partial charge on any atom is 0.271 e. The Labute approximate surface area is 178 Å². The molecular weight excluding hydrogens is 392 g/mol. The molecule has 1 saturated heterocycles. The molecule has 0 bridgehead atoms. The normalized spacial score (nSPS) is 16.0. The van der Waals surface area contributed by atoms with Crippen LogP contribution in [-0.2, 0) is 6.42 Å². The van der Waals surface area contributed by atoms with Gasteiger partial charge in [0.1, 0.15) is 5.69 Å². The Kier molecular flexibility index (Phi) is 9.28. The van der Waals surface area contributed by atoms with E-state index in [1.54, 1.807) is 6.07 Å². The van der Waals surface area contributed by atoms with Gasteiger partial charge in [0.15, 0.2) is 11.5 Å². The molecule has 1 atom stereocenters. The predicted molar refractivity (Wildman–Crippen MR) is 115 cm³/mol. The largest absolute Gasteiger partial charge is 0.490 e. The number of benzene rings is 1. The van der Waals surface area contributed by atoms with Crippen LogP contribution >= 0.6 is 12.4 Å². The molecule has 3 rings (SSSR count). The van der Waals surface area contributed by atoms with Crippen LogP contribution in [0.15, 0.2) is 30.5 Å². The molecule has 8 heteroatoms. The van der Waals surface area contributed by atoms with Crippen molar-refractivity contribution in [1.82, 2.24) is 20.4 Å². The first kappa shape index (κ1) is 23.0. The van der Waals surface area contributed by atoms with E-state index in [4.69, 9.17) is 9.47 Å². The molecular formula is C21H31ClN4O3. The van der Waals surface area contributed by atoms with Crippen LogP contribution in [0.5, 0.6) is 11.5 Å². The third-order valence-corrected chi connectivity index (χ3v) is 4.79. The van der Waals surface area contributed by atoms with Crippen LogP contribution in [0.3, 0.4) is 0 Å². The second kappa shape index (κ2) is 11.7. The van der Waals surface area contributed by atoms with E-state index in [0.717, 1.165) is 43.0 Å². The topological polar surface area (TPSA) is 77.4 Å². The van der Waals surface area contributed by atoms with Crippen molar-refractivity contribution in [3.8, 4) is 11.5 Å². The first-order valence-electron chi connectivity index (χ1n) is 10.1. The van der Waals surface area contributed by atoms with Gasteiger partial charge in [0.25, 0.3) is 5.91 Å². The summed E-state index contributed by atoms with van der Waals surface area (Å²) in [5, 5.41) is 10.8. The fourth-order valence-corrected chi connectivity index (χ4v) is 3.38. The molecule has 2 aromatic rings. The van der Waals surface area contributed by atoms with Gasteiger partial charge in [-0.25, -0.2) is 0 Å². The summed E-state index contributed by atoms with van der Waals surface area (Å²) in [4.78, 5) is 12.4. The van der Waals surface area contributed by atoms with Crippen LogP contribution in [0, 0.1) is 0 Å². The number of aromatic nitrogens is 2. The molecule has 1 fully saturated rings. The number of ether oxygens (including phenoxy) is 2. The summed E-state index contributed by atoms with van der Waals surface area (Å²) < 4.78 is 13.1. The number of hydrogen-bond acceptors (Lipinski definition) is 5. The van der Waals surface area contributed by atoms with Crippen LogP contribution < -0.4 is 20.1 Å². The molecule has 1 aliphatic heterocycles. The first-order chi connectivity index (χ1) is 13.7. The van der Waals surface area contributed by atoms with Crippen molar-refractivity contribution < 1.29 is 14.3 Å². The van der Waals surface area contributed by atoms with E-state index >= 15 is 0 Å². The van der Waals surface area contributed by atoms with E-state index in [2.05, 4.69) is 15.7 Å². The summed E-state index contributed by atoms with van der Waals surface area (Å²) in [6.07, 6.45) is 4.84. The summed E-state index contributed by atoms with van der Waals surface area (Å²) >= 11 is 0. The minimum absolute atomic E-state index is 0. The van der Waals surface area contributed by atoms with Gasteiger partial charge in [-0.05, 0) is 63.4 Å². The predicted octanol–water partition coefficient (Wildman–Crippen LogP) is 3.00. The van der Waals surface area contributed by atoms with Crippen molar-refractivity contribution in [1.29, 1.82) is 0 Å². The quantitative estimate of drug-likeness (QED) is 0.649. The molecule has 1 amide bonds. The molecule has 160 valence electrons. The van der Waals surface area contributed by atoms with Gasteiger partial charge in [-0.2, -0.15) is 5.10 Å². The molecule has 1 aromatic carbocycles. The maximum absolute atomic E-state index is 12.4. The molecule has 0 radical (unpaired) electrons. The molecule has 2 N–H and O–H groups in total. The van der Waals surface area contributed by atoms with E-state index in [1.165, 1.54) is 0 Å². The molecule has 0 saturated carbocycles. The van der Waals surface area contributed by atoms with Crippen LogP contribution in [0.2, 0.25) is 0 Å². The highest BCUT2D eigenvalue weighted by molar-refractivity contribution is 5.92. The van der Waals surface area contributed by atoms with Gasteiger partial charge in [0.2, 0.25) is 0 Å². The van der Waals surface area contributed by atoms with Crippen molar-refractivity contribution >= 4 is 18.3 Å². The van der Waals surface area contributed by atoms with Gasteiger partial charge in [0, 0.05) is 19.3 Å². The summed E-state index contributed by atoms with van der Waals surface area (Å²) in [6.45, 7) is 7.58. The fourth-order valence-electron chi connectivity index (χ4n) is 3.38. The molecule has 7 nitrogen and oxygen atoms in total. The van der Waals surface area contributed by atoms with E-state index < -0.39 is 0 Å². The lowest BCUT2D eigenvalue weighted by Gasteiger charge is -2.22. The number of rotatable bonds is 9. The van der Waals surface area contributed by atoms with Gasteiger partial charge < -0.3 is 20.1 Å². The maximum atomic E-state index is 12.4. The second-order valence-electron chi connectivity index (χ2n) is 6.83. The molecule has 0 spiro atoms. The number of hydrogen-bond donors (Lipinski definition) is 2. The molecule has 1 unspecified atom stereocenters. The third-order valence-electron chi connectivity index (χ3n) is 4.79. The number of carbonyl (C=O) groups excluding carboxylic acids is 1. The zero-order valence-corrected chi connectivity index (χ0v) is 18.0. The van der Waals surface area contributed by atoms with Gasteiger partial charge in [-0.1, -0.05) is 6.07 Å². The third kappa shape index (κ3) is 6.37. The molecule has 29 heavy (non-hydrogen) atoms. The van der Waals surface area contributed by atoms with Gasteiger partial charge in [-0.15, -0.1) is 12.4 Å². The Morgan fingerprint density at radius 1 is 1.24 bits per heavy atom. The number of nitrogens with one attached hydrogen (secondary N) is 2. The number of halogens is 1. The lowest BCUT2D eigenvalue weighted by atomic mass is 10.1. The monoisotopic (exact) mass is 422 g/mol. The Bertz CT molecular complexity index is 775. The summed E-state index contributed by atoms with van der Waals surface area (Å²) in [6, 6.07) is 8.02. The van der Waals surface area contributed by atoms with E-state index in [-0.39, 0.29) is 18.3 Å². The first-order valence-corrected chi connectivity index (χ1v) is 10.1. The molecule has 2 heterocycles. The van der Waals surface area contributed by atoms with Crippen molar-refractivity contribution in [3.63, 3.8) is 0 Å². The van der Waals surface area contributed by atoms with Gasteiger partial charge in [0.05, 0.1) is 19.3 Å². The van der Waals surface area contributed by atoms with E-state index in [0.29, 0.717) is 37.9 Å². The van der Waals surface area contributed by atoms with Crippen LogP contribution in [0.4, 0.5) is 0 Å². The zero-order valence-electron chi connectivity index (χ0n) is 17.1. The average molecular weight is 423 g/mol. The zero-order chi connectivity index (χ0) is 19.8. The van der Waals surface area contributed by atoms with Crippen molar-refractivity contribution in [2.24, 2.45) is 0 Å². The molecule has 1 aliphatic rings. The van der Waals surface area contributed by atoms with E-state index in [9.17, 15) is 4.79 Å². The highest BCUT2D eigenvalue weighted by Gasteiger charge is 2.17. The minimum atomic E-state index is -0.140. The summed E-state index contributed by atoms with van der Waals surface area (Å²) in [5.74, 6) is 1.35. The van der Waals surface area contributed by atoms with E-state index in [1.807, 2.05) is 42.9 Å². The SMILES string of the molecule is CCOc1ccc(CCNC(=O)c2ccn(C3CCCNC3)n2)cc1OCC.Cl. The number of piperidine rings is 1. The highest BCUT2D eigenvalue weighted by atomic mass is 35.5. The highest BCUT2D eigenvalue weighted by Crippen LogP contribution is 2.28. The Morgan fingerprint density at radius 3 is 2.76 bits per heavy atom. The summed E-state index contributed by atoms with van der Waals surface area (Å²) in [5.41, 5.74) is 1.55. The number of amides is 1. The lowest BCUT2D eigenvalue weighted by Crippen LogP contribution is -2.32. The van der Waals surface area contributed by atoms with Crippen LogP contribution in [-0.4, -0.2) is 48.5 Å². The number of nitrogens with zero attached hydrogens (tertiary/aromatic N) is 2. The minimum Gasteiger partial charge on any atom is -0.490 e. The Morgan fingerprint density at radius 2 is 2.03 bits per heavy atom. The van der Waals surface area contributed by atoms with Crippen molar-refractivity contribution in [2.75, 3.05) is 32.8 Å². The lowest BCUT2D eigenvalue weighted by molar-refractivity contribution is 0.0947. The Balaban J connectivity index is 0.00000300. The van der Waals surface area contributed by atoms with Crippen molar-refractivity contribution in [2.45, 2.75) is 39.2 Å². The summed E-state index contributed by atoms with van der Waals surface area (Å²) in [7, 11) is 0. The van der Waals surface area contributed by atoms with Crippen LogP contribution in [0.1, 0.15) is 48.8 Å². The molecule has 0 aliphatic carbocycles.